The van der Waals surface area contributed by atoms with Gasteiger partial charge in [-0.3, -0.25) is 4.57 Å². The molecule has 1 aliphatic heterocycles. The predicted molar refractivity (Wildman–Crippen MR) is 104 cm³/mol. The van der Waals surface area contributed by atoms with Crippen molar-refractivity contribution >= 4 is 17.0 Å². The van der Waals surface area contributed by atoms with Gasteiger partial charge >= 0.3 is 0 Å². The molecule has 2 aliphatic carbocycles. The van der Waals surface area contributed by atoms with E-state index < -0.39 is 24.5 Å². The quantitative estimate of drug-likeness (QED) is 0.484. The molecule has 0 unspecified atom stereocenters. The molecule has 0 amide bonds. The lowest BCUT2D eigenvalue weighted by Crippen LogP contribution is -2.49. The predicted octanol–water partition coefficient (Wildman–Crippen LogP) is 0.840. The topological polar surface area (TPSA) is 115 Å². The van der Waals surface area contributed by atoms with E-state index in [-0.39, 0.29) is 18.8 Å². The van der Waals surface area contributed by atoms with Crippen LogP contribution in [0.15, 0.2) is 12.7 Å². The van der Waals surface area contributed by atoms with Crippen molar-refractivity contribution in [3.05, 3.63) is 12.7 Å². The van der Waals surface area contributed by atoms with E-state index in [0.29, 0.717) is 22.9 Å². The molecular formula is C20H25N5O4. The van der Waals surface area contributed by atoms with Gasteiger partial charge in [0.15, 0.2) is 23.2 Å². The number of ether oxygens (including phenoxy) is 2. The first-order chi connectivity index (χ1) is 14.1. The summed E-state index contributed by atoms with van der Waals surface area (Å²) in [7, 11) is 0. The first-order valence-corrected chi connectivity index (χ1v) is 10.1. The van der Waals surface area contributed by atoms with Crippen LogP contribution in [-0.4, -0.2) is 66.8 Å². The van der Waals surface area contributed by atoms with Crippen molar-refractivity contribution in [3.8, 4) is 12.3 Å². The van der Waals surface area contributed by atoms with Crippen LogP contribution in [-0.2, 0) is 9.47 Å². The van der Waals surface area contributed by atoms with E-state index in [0.717, 1.165) is 12.8 Å². The van der Waals surface area contributed by atoms with E-state index in [4.69, 9.17) is 15.9 Å². The lowest BCUT2D eigenvalue weighted by molar-refractivity contribution is -0.0615. The minimum atomic E-state index is -1.14. The summed E-state index contributed by atoms with van der Waals surface area (Å²) in [6, 6.07) is 0. The Kier molecular flexibility index (Phi) is 4.67. The molecule has 1 saturated heterocycles. The van der Waals surface area contributed by atoms with Gasteiger partial charge in [-0.05, 0) is 31.6 Å². The largest absolute Gasteiger partial charge is 0.387 e. The summed E-state index contributed by atoms with van der Waals surface area (Å²) >= 11 is 0. The highest BCUT2D eigenvalue weighted by Crippen LogP contribution is 2.52. The number of aliphatic hydroxyl groups is 2. The van der Waals surface area contributed by atoms with Gasteiger partial charge in [0.25, 0.3) is 0 Å². The number of nitrogens with zero attached hydrogens (tertiary/aromatic N) is 4. The zero-order valence-electron chi connectivity index (χ0n) is 16.1. The maximum atomic E-state index is 10.5. The van der Waals surface area contributed by atoms with Gasteiger partial charge in [-0.2, -0.15) is 0 Å². The smallest absolute Gasteiger partial charge is 0.167 e. The van der Waals surface area contributed by atoms with Crippen molar-refractivity contribution in [2.24, 2.45) is 5.92 Å². The third-order valence-corrected chi connectivity index (χ3v) is 6.70. The molecule has 2 aromatic rings. The standard InChI is InChI=1S/C20H25N5O4/c1-2-8-28-9-13-15(26)16(27)19(29-13)25-11-23-14-17(21-10-22-18(14)25)24-20-6-3-4-12(20)5-7-20/h1,10-13,15-16,19,26-27H,3-9H2,(H,21,22,24)/t12-,13+,15+,16+,19+,20-/m0/s1. The normalized spacial score (nSPS) is 36.0. The van der Waals surface area contributed by atoms with Gasteiger partial charge in [-0.1, -0.05) is 12.3 Å². The second-order valence-electron chi connectivity index (χ2n) is 8.22. The number of nitrogens with one attached hydrogen (secondary N) is 1. The first-order valence-electron chi connectivity index (χ1n) is 10.1. The number of aliphatic hydroxyl groups excluding tert-OH is 2. The Labute approximate surface area is 168 Å². The molecule has 2 aromatic heterocycles. The number of aromatic nitrogens is 4. The monoisotopic (exact) mass is 399 g/mol. The Morgan fingerprint density at radius 1 is 1.28 bits per heavy atom. The van der Waals surface area contributed by atoms with Crippen LogP contribution in [0.4, 0.5) is 5.82 Å². The molecule has 9 nitrogen and oxygen atoms in total. The van der Waals surface area contributed by atoms with Crippen LogP contribution >= 0.6 is 0 Å². The SMILES string of the molecule is C#CCOC[C@H]1O[C@@H](n2cnc3c(N[C@]45CCC[C@H]4CC5)ncnc32)[C@H](O)[C@@H]1O. The zero-order chi connectivity index (χ0) is 20.0. The average molecular weight is 399 g/mol. The summed E-state index contributed by atoms with van der Waals surface area (Å²) in [6.45, 7) is 0.212. The first kappa shape index (κ1) is 18.8. The highest BCUT2D eigenvalue weighted by Gasteiger charge is 2.50. The van der Waals surface area contributed by atoms with Crippen molar-refractivity contribution in [2.75, 3.05) is 18.5 Å². The number of imidazole rings is 1. The Morgan fingerprint density at radius 3 is 2.93 bits per heavy atom. The van der Waals surface area contributed by atoms with E-state index >= 15 is 0 Å². The van der Waals surface area contributed by atoms with E-state index in [9.17, 15) is 10.2 Å². The zero-order valence-corrected chi connectivity index (χ0v) is 16.1. The van der Waals surface area contributed by atoms with Gasteiger partial charge in [0, 0.05) is 5.54 Å². The maximum absolute atomic E-state index is 10.5. The van der Waals surface area contributed by atoms with Crippen molar-refractivity contribution < 1.29 is 19.7 Å². The van der Waals surface area contributed by atoms with E-state index in [1.54, 1.807) is 10.9 Å². The van der Waals surface area contributed by atoms with Crippen LogP contribution in [0.25, 0.3) is 11.2 Å². The maximum Gasteiger partial charge on any atom is 0.167 e. The van der Waals surface area contributed by atoms with Gasteiger partial charge in [0.2, 0.25) is 0 Å². The molecule has 2 saturated carbocycles. The fourth-order valence-electron chi connectivity index (χ4n) is 5.03. The molecule has 0 radical (unpaired) electrons. The van der Waals surface area contributed by atoms with Crippen LogP contribution in [0.1, 0.15) is 38.3 Å². The van der Waals surface area contributed by atoms with Crippen molar-refractivity contribution in [3.63, 3.8) is 0 Å². The van der Waals surface area contributed by atoms with Crippen LogP contribution in [0.3, 0.4) is 0 Å². The average Bonchev–Trinajstić information content (AvgIpc) is 3.34. The molecule has 3 fully saturated rings. The molecule has 3 aliphatic rings. The fourth-order valence-corrected chi connectivity index (χ4v) is 5.03. The number of fused-ring (bicyclic) bond motifs is 2. The van der Waals surface area contributed by atoms with E-state index in [1.807, 2.05) is 0 Å². The Hall–Kier alpha value is -2.25. The molecule has 0 aromatic carbocycles. The number of hydrogen-bond donors (Lipinski definition) is 3. The summed E-state index contributed by atoms with van der Waals surface area (Å²) in [4.78, 5) is 13.3. The lowest BCUT2D eigenvalue weighted by atomic mass is 9.69. The molecule has 9 heteroatoms. The molecular weight excluding hydrogens is 374 g/mol. The summed E-state index contributed by atoms with van der Waals surface area (Å²) in [5, 5.41) is 24.5. The highest BCUT2D eigenvalue weighted by atomic mass is 16.6. The van der Waals surface area contributed by atoms with Crippen LogP contribution < -0.4 is 5.32 Å². The third kappa shape index (κ3) is 2.99. The molecule has 29 heavy (non-hydrogen) atoms. The summed E-state index contributed by atoms with van der Waals surface area (Å²) in [5.41, 5.74) is 1.32. The van der Waals surface area contributed by atoms with Gasteiger partial charge in [-0.15, -0.1) is 6.42 Å². The molecule has 0 spiro atoms. The van der Waals surface area contributed by atoms with Gasteiger partial charge < -0.3 is 25.0 Å². The van der Waals surface area contributed by atoms with Gasteiger partial charge in [0.1, 0.15) is 31.2 Å². The van der Waals surface area contributed by atoms with Crippen molar-refractivity contribution in [1.82, 2.24) is 19.5 Å². The van der Waals surface area contributed by atoms with Crippen molar-refractivity contribution in [2.45, 2.75) is 62.2 Å². The summed E-state index contributed by atoms with van der Waals surface area (Å²) in [5.74, 6) is 3.78. The minimum Gasteiger partial charge on any atom is -0.387 e. The van der Waals surface area contributed by atoms with E-state index in [1.165, 1.54) is 25.6 Å². The van der Waals surface area contributed by atoms with Crippen LogP contribution in [0.2, 0.25) is 0 Å². The third-order valence-electron chi connectivity index (χ3n) is 6.70. The molecule has 0 bridgehead atoms. The van der Waals surface area contributed by atoms with Crippen molar-refractivity contribution in [1.29, 1.82) is 0 Å². The molecule has 154 valence electrons. The van der Waals surface area contributed by atoms with E-state index in [2.05, 4.69) is 26.2 Å². The number of rotatable bonds is 6. The second-order valence-corrected chi connectivity index (χ2v) is 8.22. The number of terminal acetylenes is 1. The highest BCUT2D eigenvalue weighted by molar-refractivity contribution is 5.83. The number of anilines is 1. The van der Waals surface area contributed by atoms with Gasteiger partial charge in [-0.25, -0.2) is 15.0 Å². The molecule has 3 N–H and O–H groups in total. The summed E-state index contributed by atoms with van der Waals surface area (Å²) < 4.78 is 12.8. The minimum absolute atomic E-state index is 0.0945. The Morgan fingerprint density at radius 2 is 2.17 bits per heavy atom. The lowest BCUT2D eigenvalue weighted by Gasteiger charge is -2.46. The van der Waals surface area contributed by atoms with Crippen LogP contribution in [0.5, 0.6) is 0 Å². The van der Waals surface area contributed by atoms with Gasteiger partial charge in [0.05, 0.1) is 12.9 Å². The van der Waals surface area contributed by atoms with Crippen LogP contribution in [0, 0.1) is 18.3 Å². The fraction of sp³-hybridized carbons (Fsp3) is 0.650. The molecule has 5 rings (SSSR count). The Bertz CT molecular complexity index is 943. The summed E-state index contributed by atoms with van der Waals surface area (Å²) in [6.07, 6.45) is 10.6. The molecule has 6 atom stereocenters. The second kappa shape index (κ2) is 7.22. The molecule has 3 heterocycles. The Balaban J connectivity index is 1.40. The number of hydrogen-bond acceptors (Lipinski definition) is 8.